The van der Waals surface area contributed by atoms with Gasteiger partial charge in [0.05, 0.1) is 10.7 Å². The summed E-state index contributed by atoms with van der Waals surface area (Å²) in [7, 11) is 0. The minimum atomic E-state index is 0.901. The molecule has 1 aromatic heterocycles. The largest absolute Gasteiger partial charge is 0.311 e. The van der Waals surface area contributed by atoms with Crippen LogP contribution in [0.1, 0.15) is 31.5 Å². The molecule has 1 rings (SSSR count). The van der Waals surface area contributed by atoms with Gasteiger partial charge in [-0.15, -0.1) is 11.3 Å². The molecule has 16 heavy (non-hydrogen) atoms. The van der Waals surface area contributed by atoms with E-state index in [0.29, 0.717) is 0 Å². The second kappa shape index (κ2) is 7.76. The maximum Gasteiger partial charge on any atom is 0.0941 e. The third kappa shape index (κ3) is 4.60. The van der Waals surface area contributed by atoms with Gasteiger partial charge in [0, 0.05) is 24.9 Å². The van der Waals surface area contributed by atoms with Crippen LogP contribution in [-0.4, -0.2) is 36.1 Å². The zero-order valence-corrected chi connectivity index (χ0v) is 11.4. The van der Waals surface area contributed by atoms with E-state index in [0.717, 1.165) is 39.1 Å². The van der Waals surface area contributed by atoms with Gasteiger partial charge < -0.3 is 10.2 Å². The summed E-state index contributed by atoms with van der Waals surface area (Å²) in [5.74, 6) is 0. The van der Waals surface area contributed by atoms with Crippen molar-refractivity contribution in [3.05, 3.63) is 16.1 Å². The first-order valence-electron chi connectivity index (χ1n) is 6.16. The molecule has 0 aliphatic rings. The molecule has 0 amide bonds. The van der Waals surface area contributed by atoms with Gasteiger partial charge in [-0.2, -0.15) is 0 Å². The van der Waals surface area contributed by atoms with Gasteiger partial charge in [0.25, 0.3) is 0 Å². The van der Waals surface area contributed by atoms with Crippen LogP contribution in [0, 0.1) is 0 Å². The van der Waals surface area contributed by atoms with Crippen LogP contribution in [0.25, 0.3) is 0 Å². The van der Waals surface area contributed by atoms with Crippen LogP contribution in [0.15, 0.2) is 5.38 Å². The first-order chi connectivity index (χ1) is 7.80. The van der Waals surface area contributed by atoms with Crippen molar-refractivity contribution in [1.29, 1.82) is 0 Å². The molecule has 3 nitrogen and oxygen atoms in total. The van der Waals surface area contributed by atoms with Gasteiger partial charge in [-0.3, -0.25) is 0 Å². The minimum Gasteiger partial charge on any atom is -0.311 e. The highest BCUT2D eigenvalue weighted by Crippen LogP contribution is 2.10. The molecule has 0 bridgehead atoms. The fraction of sp³-hybridized carbons (Fsp3) is 0.750. The summed E-state index contributed by atoms with van der Waals surface area (Å²) >= 11 is 1.79. The maximum atomic E-state index is 4.62. The highest BCUT2D eigenvalue weighted by atomic mass is 32.1. The lowest BCUT2D eigenvalue weighted by atomic mass is 10.4. The Kier molecular flexibility index (Phi) is 6.61. The van der Waals surface area contributed by atoms with E-state index in [9.17, 15) is 0 Å². The Morgan fingerprint density at radius 1 is 1.31 bits per heavy atom. The first kappa shape index (κ1) is 13.6. The molecular formula is C12H23N3S. The fourth-order valence-corrected chi connectivity index (χ4v) is 2.38. The molecular weight excluding hydrogens is 218 g/mol. The monoisotopic (exact) mass is 241 g/mol. The van der Waals surface area contributed by atoms with Gasteiger partial charge in [0.15, 0.2) is 0 Å². The Morgan fingerprint density at radius 2 is 2.06 bits per heavy atom. The zero-order valence-electron chi connectivity index (χ0n) is 10.6. The van der Waals surface area contributed by atoms with Crippen LogP contribution < -0.4 is 5.32 Å². The smallest absolute Gasteiger partial charge is 0.0941 e. The Bertz CT molecular complexity index is 282. The van der Waals surface area contributed by atoms with Crippen molar-refractivity contribution >= 4 is 11.3 Å². The van der Waals surface area contributed by atoms with Crippen molar-refractivity contribution in [3.8, 4) is 0 Å². The molecule has 0 spiro atoms. The first-order valence-corrected chi connectivity index (χ1v) is 7.04. The van der Waals surface area contributed by atoms with Gasteiger partial charge in [-0.1, -0.05) is 20.8 Å². The minimum absolute atomic E-state index is 0.901. The Balaban J connectivity index is 2.33. The molecule has 0 saturated carbocycles. The van der Waals surface area contributed by atoms with Crippen LogP contribution in [0.4, 0.5) is 0 Å². The SMILES string of the molecule is CCNCc1csc(CCN(CC)CC)n1. The number of hydrogen-bond acceptors (Lipinski definition) is 4. The van der Waals surface area contributed by atoms with Crippen LogP contribution >= 0.6 is 11.3 Å². The van der Waals surface area contributed by atoms with E-state index in [1.807, 2.05) is 0 Å². The van der Waals surface area contributed by atoms with Gasteiger partial charge in [0.2, 0.25) is 0 Å². The van der Waals surface area contributed by atoms with E-state index in [1.54, 1.807) is 11.3 Å². The molecule has 1 heterocycles. The Hall–Kier alpha value is -0.450. The average molecular weight is 241 g/mol. The molecule has 0 atom stereocenters. The standard InChI is InChI=1S/C12H23N3S/c1-4-13-9-11-10-16-12(14-11)7-8-15(5-2)6-3/h10,13H,4-9H2,1-3H3. The summed E-state index contributed by atoms with van der Waals surface area (Å²) in [4.78, 5) is 7.05. The molecule has 0 aromatic carbocycles. The molecule has 1 aromatic rings. The van der Waals surface area contributed by atoms with Crippen LogP contribution in [-0.2, 0) is 13.0 Å². The quantitative estimate of drug-likeness (QED) is 0.756. The number of rotatable bonds is 8. The van der Waals surface area contributed by atoms with Crippen molar-refractivity contribution < 1.29 is 0 Å². The summed E-state index contributed by atoms with van der Waals surface area (Å²) in [5.41, 5.74) is 1.18. The molecule has 92 valence electrons. The van der Waals surface area contributed by atoms with Crippen molar-refractivity contribution in [2.45, 2.75) is 33.7 Å². The average Bonchev–Trinajstić information content (AvgIpc) is 2.76. The van der Waals surface area contributed by atoms with E-state index >= 15 is 0 Å². The van der Waals surface area contributed by atoms with Gasteiger partial charge in [-0.05, 0) is 19.6 Å². The molecule has 0 saturated heterocycles. The topological polar surface area (TPSA) is 28.2 Å². The number of likely N-dealkylation sites (N-methyl/N-ethyl adjacent to an activating group) is 1. The van der Waals surface area contributed by atoms with Gasteiger partial charge in [0.1, 0.15) is 0 Å². The van der Waals surface area contributed by atoms with Crippen molar-refractivity contribution in [3.63, 3.8) is 0 Å². The predicted molar refractivity (Wildman–Crippen MR) is 71.0 cm³/mol. The summed E-state index contributed by atoms with van der Waals surface area (Å²) in [6.07, 6.45) is 1.08. The van der Waals surface area contributed by atoms with Gasteiger partial charge in [-0.25, -0.2) is 4.98 Å². The number of nitrogens with one attached hydrogen (secondary N) is 1. The second-order valence-corrected chi connectivity index (χ2v) is 4.73. The zero-order chi connectivity index (χ0) is 11.8. The molecule has 1 N–H and O–H groups in total. The van der Waals surface area contributed by atoms with E-state index in [4.69, 9.17) is 0 Å². The maximum absolute atomic E-state index is 4.62. The van der Waals surface area contributed by atoms with Crippen LogP contribution in [0.5, 0.6) is 0 Å². The fourth-order valence-electron chi connectivity index (χ4n) is 1.59. The third-order valence-corrected chi connectivity index (χ3v) is 3.65. The summed E-state index contributed by atoms with van der Waals surface area (Å²) in [5, 5.41) is 6.73. The lowest BCUT2D eigenvalue weighted by Gasteiger charge is -2.16. The highest BCUT2D eigenvalue weighted by Gasteiger charge is 2.04. The summed E-state index contributed by atoms with van der Waals surface area (Å²) in [6.45, 7) is 11.8. The second-order valence-electron chi connectivity index (χ2n) is 3.79. The van der Waals surface area contributed by atoms with Crippen molar-refractivity contribution in [2.75, 3.05) is 26.2 Å². The lowest BCUT2D eigenvalue weighted by Crippen LogP contribution is -2.25. The normalized spacial score (nSPS) is 11.2. The molecule has 0 aliphatic heterocycles. The third-order valence-electron chi connectivity index (χ3n) is 2.69. The molecule has 0 aliphatic carbocycles. The van der Waals surface area contributed by atoms with Gasteiger partial charge >= 0.3 is 0 Å². The summed E-state index contributed by atoms with van der Waals surface area (Å²) in [6, 6.07) is 0. The van der Waals surface area contributed by atoms with E-state index in [1.165, 1.54) is 10.7 Å². The highest BCUT2D eigenvalue weighted by molar-refractivity contribution is 7.09. The van der Waals surface area contributed by atoms with E-state index in [-0.39, 0.29) is 0 Å². The van der Waals surface area contributed by atoms with Crippen molar-refractivity contribution in [2.24, 2.45) is 0 Å². The summed E-state index contributed by atoms with van der Waals surface area (Å²) < 4.78 is 0. The molecule has 4 heteroatoms. The number of thiazole rings is 1. The van der Waals surface area contributed by atoms with E-state index in [2.05, 4.69) is 41.4 Å². The predicted octanol–water partition coefficient (Wildman–Crippen LogP) is 2.14. The molecule has 0 fully saturated rings. The van der Waals surface area contributed by atoms with E-state index < -0.39 is 0 Å². The number of aromatic nitrogens is 1. The number of hydrogen-bond donors (Lipinski definition) is 1. The molecule has 0 radical (unpaired) electrons. The van der Waals surface area contributed by atoms with Crippen molar-refractivity contribution in [1.82, 2.24) is 15.2 Å². The molecule has 0 unspecified atom stereocenters. The Morgan fingerprint density at radius 3 is 2.69 bits per heavy atom. The van der Waals surface area contributed by atoms with Crippen LogP contribution in [0.2, 0.25) is 0 Å². The number of nitrogens with zero attached hydrogens (tertiary/aromatic N) is 2. The Labute approximate surface area is 103 Å². The lowest BCUT2D eigenvalue weighted by molar-refractivity contribution is 0.308. The van der Waals surface area contributed by atoms with Crippen LogP contribution in [0.3, 0.4) is 0 Å².